The zero-order valence-electron chi connectivity index (χ0n) is 14.4. The van der Waals surface area contributed by atoms with Crippen LogP contribution in [-0.4, -0.2) is 18.1 Å². The van der Waals surface area contributed by atoms with Crippen molar-refractivity contribution in [3.8, 4) is 0 Å². The first-order chi connectivity index (χ1) is 10.4. The predicted octanol–water partition coefficient (Wildman–Crippen LogP) is 4.78. The van der Waals surface area contributed by atoms with Gasteiger partial charge in [0.2, 0.25) is 0 Å². The van der Waals surface area contributed by atoms with Crippen molar-refractivity contribution in [1.82, 2.24) is 10.5 Å². The molecule has 1 unspecified atom stereocenters. The Morgan fingerprint density at radius 2 is 1.38 bits per heavy atom. The van der Waals surface area contributed by atoms with Crippen molar-refractivity contribution in [2.24, 2.45) is 11.8 Å². The number of hydrogen-bond acceptors (Lipinski definition) is 3. The molecule has 3 heteroatoms. The van der Waals surface area contributed by atoms with Crippen molar-refractivity contribution >= 4 is 0 Å². The van der Waals surface area contributed by atoms with Gasteiger partial charge in [0.25, 0.3) is 0 Å². The number of nitrogens with zero attached hydrogens (tertiary/aromatic N) is 1. The Kier molecular flexibility index (Phi) is 12.2. The van der Waals surface area contributed by atoms with Gasteiger partial charge in [-0.05, 0) is 18.8 Å². The van der Waals surface area contributed by atoms with Crippen molar-refractivity contribution < 1.29 is 0 Å². The van der Waals surface area contributed by atoms with Crippen LogP contribution in [0.5, 0.6) is 0 Å². The highest BCUT2D eigenvalue weighted by Crippen LogP contribution is 2.21. The summed E-state index contributed by atoms with van der Waals surface area (Å²) in [5, 5.41) is 2.14. The Hall–Kier alpha value is -0.120. The molecule has 1 rings (SSSR count). The van der Waals surface area contributed by atoms with E-state index >= 15 is 0 Å². The lowest BCUT2D eigenvalue weighted by atomic mass is 9.99. The number of unbranched alkanes of at least 4 members (excludes halogenated alkanes) is 11. The van der Waals surface area contributed by atoms with Crippen LogP contribution < -0.4 is 11.4 Å². The van der Waals surface area contributed by atoms with Crippen molar-refractivity contribution in [3.63, 3.8) is 0 Å². The SMILES string of the molecule is CCCCCCCCCCCCCCC1CCN(NN)C1. The summed E-state index contributed by atoms with van der Waals surface area (Å²) in [6.07, 6.45) is 20.0. The molecular formula is C18H39N3. The van der Waals surface area contributed by atoms with E-state index in [9.17, 15) is 0 Å². The Morgan fingerprint density at radius 3 is 1.86 bits per heavy atom. The molecule has 1 atom stereocenters. The summed E-state index contributed by atoms with van der Waals surface area (Å²) < 4.78 is 0. The summed E-state index contributed by atoms with van der Waals surface area (Å²) in [7, 11) is 0. The summed E-state index contributed by atoms with van der Waals surface area (Å²) in [4.78, 5) is 0. The van der Waals surface area contributed by atoms with E-state index in [-0.39, 0.29) is 0 Å². The van der Waals surface area contributed by atoms with Crippen LogP contribution in [0.4, 0.5) is 0 Å². The number of rotatable bonds is 14. The summed E-state index contributed by atoms with van der Waals surface area (Å²) in [6.45, 7) is 4.56. The standard InChI is InChI=1S/C18H39N3/c1-2-3-4-5-6-7-8-9-10-11-12-13-14-18-15-16-21(17-18)20-19/h18,20H,2-17,19H2,1H3. The second-order valence-electron chi connectivity index (χ2n) is 6.91. The van der Waals surface area contributed by atoms with Crippen LogP contribution in [0.3, 0.4) is 0 Å². The van der Waals surface area contributed by atoms with E-state index in [2.05, 4.69) is 17.5 Å². The van der Waals surface area contributed by atoms with Crippen LogP contribution in [-0.2, 0) is 0 Å². The van der Waals surface area contributed by atoms with Crippen molar-refractivity contribution in [2.45, 2.75) is 96.8 Å². The zero-order valence-corrected chi connectivity index (χ0v) is 14.4. The van der Waals surface area contributed by atoms with Gasteiger partial charge in [-0.2, -0.15) is 5.53 Å². The third-order valence-electron chi connectivity index (χ3n) is 4.93. The van der Waals surface area contributed by atoms with E-state index in [1.54, 1.807) is 0 Å². The highest BCUT2D eigenvalue weighted by atomic mass is 15.6. The van der Waals surface area contributed by atoms with E-state index in [0.717, 1.165) is 19.0 Å². The minimum Gasteiger partial charge on any atom is -0.258 e. The monoisotopic (exact) mass is 297 g/mol. The van der Waals surface area contributed by atoms with Gasteiger partial charge in [0, 0.05) is 13.1 Å². The Morgan fingerprint density at radius 1 is 0.857 bits per heavy atom. The fraction of sp³-hybridized carbons (Fsp3) is 1.00. The van der Waals surface area contributed by atoms with Crippen molar-refractivity contribution in [2.75, 3.05) is 13.1 Å². The molecule has 0 aromatic carbocycles. The predicted molar refractivity (Wildman–Crippen MR) is 92.7 cm³/mol. The highest BCUT2D eigenvalue weighted by Gasteiger charge is 2.20. The molecule has 1 fully saturated rings. The first-order valence-corrected chi connectivity index (χ1v) is 9.58. The maximum atomic E-state index is 5.44. The maximum Gasteiger partial charge on any atom is 0.0173 e. The van der Waals surface area contributed by atoms with Crippen molar-refractivity contribution in [1.29, 1.82) is 0 Å². The molecule has 1 aliphatic rings. The van der Waals surface area contributed by atoms with Gasteiger partial charge in [-0.25, -0.2) is 5.01 Å². The van der Waals surface area contributed by atoms with Gasteiger partial charge < -0.3 is 0 Å². The van der Waals surface area contributed by atoms with Gasteiger partial charge in [-0.1, -0.05) is 84.0 Å². The molecule has 21 heavy (non-hydrogen) atoms. The molecule has 0 amide bonds. The topological polar surface area (TPSA) is 41.3 Å². The summed E-state index contributed by atoms with van der Waals surface area (Å²) in [6, 6.07) is 0. The third kappa shape index (κ3) is 10.3. The van der Waals surface area contributed by atoms with Gasteiger partial charge in [0.15, 0.2) is 0 Å². The van der Waals surface area contributed by atoms with Gasteiger partial charge in [-0.15, -0.1) is 0 Å². The largest absolute Gasteiger partial charge is 0.258 e. The molecule has 0 aliphatic carbocycles. The normalized spacial score (nSPS) is 19.4. The second kappa shape index (κ2) is 13.5. The number of hydrazine groups is 2. The van der Waals surface area contributed by atoms with Gasteiger partial charge in [-0.3, -0.25) is 5.84 Å². The molecule has 0 saturated carbocycles. The van der Waals surface area contributed by atoms with Gasteiger partial charge in [0.1, 0.15) is 0 Å². The van der Waals surface area contributed by atoms with E-state index < -0.39 is 0 Å². The number of hydrogen-bond donors (Lipinski definition) is 2. The lowest BCUT2D eigenvalue weighted by molar-refractivity contribution is 0.228. The molecule has 3 N–H and O–H groups in total. The van der Waals surface area contributed by atoms with E-state index in [0.29, 0.717) is 0 Å². The third-order valence-corrected chi connectivity index (χ3v) is 4.93. The van der Waals surface area contributed by atoms with E-state index in [1.165, 1.54) is 89.9 Å². The molecule has 0 radical (unpaired) electrons. The highest BCUT2D eigenvalue weighted by molar-refractivity contribution is 4.72. The molecule has 3 nitrogen and oxygen atoms in total. The minimum atomic E-state index is 0.879. The average molecular weight is 298 g/mol. The number of nitrogens with one attached hydrogen (secondary N) is 1. The smallest absolute Gasteiger partial charge is 0.0173 e. The zero-order chi connectivity index (χ0) is 15.2. The molecular weight excluding hydrogens is 258 g/mol. The molecule has 0 bridgehead atoms. The van der Waals surface area contributed by atoms with Gasteiger partial charge in [0.05, 0.1) is 0 Å². The molecule has 1 saturated heterocycles. The maximum absolute atomic E-state index is 5.44. The van der Waals surface area contributed by atoms with Crippen LogP contribution in [0.2, 0.25) is 0 Å². The van der Waals surface area contributed by atoms with Crippen LogP contribution in [0, 0.1) is 5.92 Å². The molecule has 1 heterocycles. The molecule has 0 aromatic heterocycles. The van der Waals surface area contributed by atoms with Crippen LogP contribution in [0.25, 0.3) is 0 Å². The number of nitrogens with two attached hydrogens (primary N) is 1. The Balaban J connectivity index is 1.73. The van der Waals surface area contributed by atoms with Crippen LogP contribution in [0.15, 0.2) is 0 Å². The summed E-state index contributed by atoms with van der Waals surface area (Å²) >= 11 is 0. The molecule has 1 aliphatic heterocycles. The first-order valence-electron chi connectivity index (χ1n) is 9.58. The fourth-order valence-electron chi connectivity index (χ4n) is 3.46. The summed E-state index contributed by atoms with van der Waals surface area (Å²) in [5.74, 6) is 6.32. The van der Waals surface area contributed by atoms with E-state index in [4.69, 9.17) is 5.84 Å². The lowest BCUT2D eigenvalue weighted by Gasteiger charge is -2.13. The Labute approximate surface area is 133 Å². The van der Waals surface area contributed by atoms with Crippen LogP contribution in [0.1, 0.15) is 96.8 Å². The fourth-order valence-corrected chi connectivity index (χ4v) is 3.46. The van der Waals surface area contributed by atoms with Crippen molar-refractivity contribution in [3.05, 3.63) is 0 Å². The minimum absolute atomic E-state index is 0.879. The Bertz CT molecular complexity index is 221. The van der Waals surface area contributed by atoms with E-state index in [1.807, 2.05) is 0 Å². The lowest BCUT2D eigenvalue weighted by Crippen LogP contribution is -2.41. The summed E-state index contributed by atoms with van der Waals surface area (Å²) in [5.41, 5.74) is 2.77. The van der Waals surface area contributed by atoms with Gasteiger partial charge >= 0.3 is 0 Å². The first kappa shape index (κ1) is 18.9. The van der Waals surface area contributed by atoms with Crippen LogP contribution >= 0.6 is 0 Å². The second-order valence-corrected chi connectivity index (χ2v) is 6.91. The molecule has 126 valence electrons. The molecule has 0 spiro atoms. The quantitative estimate of drug-likeness (QED) is 0.275. The average Bonchev–Trinajstić information content (AvgIpc) is 2.96. The molecule has 0 aromatic rings.